The van der Waals surface area contributed by atoms with Gasteiger partial charge in [0.1, 0.15) is 12.1 Å². The van der Waals surface area contributed by atoms with Crippen molar-refractivity contribution in [2.75, 3.05) is 32.1 Å². The van der Waals surface area contributed by atoms with E-state index < -0.39 is 0 Å². The van der Waals surface area contributed by atoms with E-state index in [4.69, 9.17) is 0 Å². The van der Waals surface area contributed by atoms with Gasteiger partial charge in [-0.1, -0.05) is 6.92 Å². The molecule has 1 aliphatic heterocycles. The van der Waals surface area contributed by atoms with Crippen molar-refractivity contribution in [3.8, 4) is 0 Å². The van der Waals surface area contributed by atoms with E-state index in [9.17, 15) is 4.79 Å². The van der Waals surface area contributed by atoms with E-state index in [1.807, 2.05) is 20.2 Å². The van der Waals surface area contributed by atoms with E-state index in [0.717, 1.165) is 43.9 Å². The lowest BCUT2D eigenvalue weighted by Gasteiger charge is -2.34. The first-order valence-electron chi connectivity index (χ1n) is 6.89. The van der Waals surface area contributed by atoms with Crippen molar-refractivity contribution in [3.63, 3.8) is 0 Å². The second-order valence-corrected chi connectivity index (χ2v) is 5.24. The van der Waals surface area contributed by atoms with Gasteiger partial charge in [-0.05, 0) is 19.3 Å². The van der Waals surface area contributed by atoms with Gasteiger partial charge in [0.25, 0.3) is 0 Å². The van der Waals surface area contributed by atoms with Crippen molar-refractivity contribution in [1.29, 1.82) is 0 Å². The molecule has 1 amide bonds. The van der Waals surface area contributed by atoms with Crippen LogP contribution >= 0.6 is 0 Å². The lowest BCUT2D eigenvalue weighted by Crippen LogP contribution is -2.43. The summed E-state index contributed by atoms with van der Waals surface area (Å²) in [5.41, 5.74) is 1.05. The molecular formula is C14H22N4O. The zero-order valence-corrected chi connectivity index (χ0v) is 12.0. The number of aromatic nitrogens is 2. The lowest BCUT2D eigenvalue weighted by molar-refractivity contribution is -0.133. The van der Waals surface area contributed by atoms with Crippen molar-refractivity contribution in [2.45, 2.75) is 26.2 Å². The average molecular weight is 262 g/mol. The van der Waals surface area contributed by atoms with E-state index in [-0.39, 0.29) is 11.8 Å². The molecule has 2 heterocycles. The standard InChI is InChI=1S/C14H22N4O/c1-4-12-8-13(16-10-15-12)18-7-5-6-11(9-18)14(19)17(2)3/h8,10-11H,4-7,9H2,1-3H3. The Bertz CT molecular complexity index is 447. The molecule has 0 aromatic carbocycles. The van der Waals surface area contributed by atoms with Gasteiger partial charge in [-0.3, -0.25) is 4.79 Å². The Morgan fingerprint density at radius 2 is 2.26 bits per heavy atom. The van der Waals surface area contributed by atoms with Crippen LogP contribution in [0.1, 0.15) is 25.5 Å². The number of hydrogen-bond acceptors (Lipinski definition) is 4. The number of piperidine rings is 1. The molecule has 19 heavy (non-hydrogen) atoms. The van der Waals surface area contributed by atoms with Gasteiger partial charge in [-0.15, -0.1) is 0 Å². The Morgan fingerprint density at radius 3 is 2.95 bits per heavy atom. The SMILES string of the molecule is CCc1cc(N2CCCC(C(=O)N(C)C)C2)ncn1. The van der Waals surface area contributed by atoms with Crippen LogP contribution in [0, 0.1) is 5.92 Å². The maximum Gasteiger partial charge on any atom is 0.226 e. The number of hydrogen-bond donors (Lipinski definition) is 0. The summed E-state index contributed by atoms with van der Waals surface area (Å²) >= 11 is 0. The average Bonchev–Trinajstić information content (AvgIpc) is 2.46. The van der Waals surface area contributed by atoms with Crippen molar-refractivity contribution in [1.82, 2.24) is 14.9 Å². The minimum Gasteiger partial charge on any atom is -0.356 e. The van der Waals surface area contributed by atoms with E-state index in [1.54, 1.807) is 11.2 Å². The van der Waals surface area contributed by atoms with Crippen LogP contribution in [0.15, 0.2) is 12.4 Å². The quantitative estimate of drug-likeness (QED) is 0.825. The summed E-state index contributed by atoms with van der Waals surface area (Å²) < 4.78 is 0. The molecule has 5 nitrogen and oxygen atoms in total. The zero-order valence-electron chi connectivity index (χ0n) is 12.0. The largest absolute Gasteiger partial charge is 0.356 e. The van der Waals surface area contributed by atoms with Gasteiger partial charge < -0.3 is 9.80 Å². The summed E-state index contributed by atoms with van der Waals surface area (Å²) in [6.45, 7) is 3.81. The molecule has 0 radical (unpaired) electrons. The molecule has 5 heteroatoms. The fourth-order valence-electron chi connectivity index (χ4n) is 2.50. The van der Waals surface area contributed by atoms with Crippen LogP contribution in [0.25, 0.3) is 0 Å². The molecule has 1 unspecified atom stereocenters. The molecule has 0 aliphatic carbocycles. The molecule has 1 aliphatic rings. The maximum absolute atomic E-state index is 12.1. The third-order valence-electron chi connectivity index (χ3n) is 3.61. The van der Waals surface area contributed by atoms with Crippen LogP contribution in [-0.4, -0.2) is 48.0 Å². The topological polar surface area (TPSA) is 49.3 Å². The number of carbonyl (C=O) groups is 1. The number of rotatable bonds is 3. The number of amides is 1. The molecule has 104 valence electrons. The first-order chi connectivity index (χ1) is 9.11. The Labute approximate surface area is 114 Å². The van der Waals surface area contributed by atoms with Crippen LogP contribution in [0.2, 0.25) is 0 Å². The van der Waals surface area contributed by atoms with Gasteiger partial charge >= 0.3 is 0 Å². The highest BCUT2D eigenvalue weighted by Gasteiger charge is 2.27. The maximum atomic E-state index is 12.1. The molecule has 0 N–H and O–H groups in total. The van der Waals surface area contributed by atoms with Crippen molar-refractivity contribution < 1.29 is 4.79 Å². The van der Waals surface area contributed by atoms with E-state index >= 15 is 0 Å². The van der Waals surface area contributed by atoms with Crippen molar-refractivity contribution in [3.05, 3.63) is 18.1 Å². The molecule has 2 rings (SSSR count). The predicted molar refractivity (Wildman–Crippen MR) is 75.0 cm³/mol. The van der Waals surface area contributed by atoms with Crippen LogP contribution in [-0.2, 0) is 11.2 Å². The highest BCUT2D eigenvalue weighted by atomic mass is 16.2. The molecule has 0 saturated carbocycles. The highest BCUT2D eigenvalue weighted by molar-refractivity contribution is 5.79. The molecule has 1 aromatic rings. The monoisotopic (exact) mass is 262 g/mol. The van der Waals surface area contributed by atoms with Gasteiger partial charge in [0.15, 0.2) is 0 Å². The molecule has 0 bridgehead atoms. The lowest BCUT2D eigenvalue weighted by atomic mass is 9.97. The fourth-order valence-corrected chi connectivity index (χ4v) is 2.50. The van der Waals surface area contributed by atoms with Crippen molar-refractivity contribution >= 4 is 11.7 Å². The van der Waals surface area contributed by atoms with Gasteiger partial charge in [-0.2, -0.15) is 0 Å². The van der Waals surface area contributed by atoms with Gasteiger partial charge in [-0.25, -0.2) is 9.97 Å². The number of aryl methyl sites for hydroxylation is 1. The Hall–Kier alpha value is -1.65. The van der Waals surface area contributed by atoms with Crippen LogP contribution < -0.4 is 4.90 Å². The van der Waals surface area contributed by atoms with E-state index in [2.05, 4.69) is 21.8 Å². The van der Waals surface area contributed by atoms with Gasteiger partial charge in [0.05, 0.1) is 5.92 Å². The normalized spacial score (nSPS) is 19.3. The first kappa shape index (κ1) is 13.8. The van der Waals surface area contributed by atoms with Crippen LogP contribution in [0.5, 0.6) is 0 Å². The van der Waals surface area contributed by atoms with Crippen LogP contribution in [0.4, 0.5) is 5.82 Å². The van der Waals surface area contributed by atoms with E-state index in [1.165, 1.54) is 0 Å². The highest BCUT2D eigenvalue weighted by Crippen LogP contribution is 2.22. The molecule has 1 saturated heterocycles. The second-order valence-electron chi connectivity index (χ2n) is 5.24. The van der Waals surface area contributed by atoms with Gasteiger partial charge in [0.2, 0.25) is 5.91 Å². The third kappa shape index (κ3) is 3.22. The van der Waals surface area contributed by atoms with Gasteiger partial charge in [0, 0.05) is 38.9 Å². The minimum atomic E-state index is 0.0868. The summed E-state index contributed by atoms with van der Waals surface area (Å²) in [6, 6.07) is 2.03. The molecule has 1 aromatic heterocycles. The smallest absolute Gasteiger partial charge is 0.226 e. The Kier molecular flexibility index (Phi) is 4.35. The third-order valence-corrected chi connectivity index (χ3v) is 3.61. The summed E-state index contributed by atoms with van der Waals surface area (Å²) in [4.78, 5) is 24.5. The molecular weight excluding hydrogens is 240 g/mol. The summed E-state index contributed by atoms with van der Waals surface area (Å²) in [5, 5.41) is 0. The number of nitrogens with zero attached hydrogens (tertiary/aromatic N) is 4. The molecule has 0 spiro atoms. The summed E-state index contributed by atoms with van der Waals surface area (Å²) in [7, 11) is 3.64. The minimum absolute atomic E-state index is 0.0868. The van der Waals surface area contributed by atoms with Crippen molar-refractivity contribution in [2.24, 2.45) is 5.92 Å². The summed E-state index contributed by atoms with van der Waals surface area (Å²) in [6.07, 6.45) is 4.53. The van der Waals surface area contributed by atoms with Crippen LogP contribution in [0.3, 0.4) is 0 Å². The first-order valence-corrected chi connectivity index (χ1v) is 6.89. The fraction of sp³-hybridized carbons (Fsp3) is 0.643. The number of anilines is 1. The molecule has 1 fully saturated rings. The Balaban J connectivity index is 2.10. The second kappa shape index (κ2) is 5.99. The number of carbonyl (C=O) groups excluding carboxylic acids is 1. The zero-order chi connectivity index (χ0) is 13.8. The Morgan fingerprint density at radius 1 is 1.47 bits per heavy atom. The predicted octanol–water partition coefficient (Wildman–Crippen LogP) is 1.34. The molecule has 1 atom stereocenters. The van der Waals surface area contributed by atoms with E-state index in [0.29, 0.717) is 0 Å². The summed E-state index contributed by atoms with van der Waals surface area (Å²) in [5.74, 6) is 1.25.